The molecule has 0 amide bonds. The van der Waals surface area contributed by atoms with Crippen LogP contribution in [0.5, 0.6) is 23.0 Å². The average molecular weight is 399 g/mol. The van der Waals surface area contributed by atoms with Gasteiger partial charge < -0.3 is 18.9 Å². The van der Waals surface area contributed by atoms with Gasteiger partial charge in [0, 0.05) is 27.6 Å². The fourth-order valence-electron chi connectivity index (χ4n) is 3.10. The van der Waals surface area contributed by atoms with Gasteiger partial charge in [0.2, 0.25) is 5.75 Å². The first kappa shape index (κ1) is 19.7. The minimum atomic E-state index is 0.397. The van der Waals surface area contributed by atoms with E-state index in [1.807, 2.05) is 30.5 Å². The quantitative estimate of drug-likeness (QED) is 0.540. The molecule has 0 unspecified atom stereocenters. The largest absolute Gasteiger partial charge is 0.496 e. The van der Waals surface area contributed by atoms with E-state index < -0.39 is 0 Å². The van der Waals surface area contributed by atoms with E-state index in [1.165, 1.54) is 21.3 Å². The zero-order chi connectivity index (χ0) is 20.3. The van der Waals surface area contributed by atoms with E-state index in [-0.39, 0.29) is 0 Å². The maximum atomic E-state index is 11.9. The molecule has 3 rings (SSSR count). The summed E-state index contributed by atoms with van der Waals surface area (Å²) in [6.45, 7) is 1.96. The van der Waals surface area contributed by atoms with E-state index in [9.17, 15) is 4.79 Å². The topological polar surface area (TPSA) is 66.9 Å². The lowest BCUT2D eigenvalue weighted by atomic mass is 9.95. The Morgan fingerprint density at radius 1 is 0.929 bits per heavy atom. The number of carbonyl (C=O) groups excluding carboxylic acids is 1. The summed E-state index contributed by atoms with van der Waals surface area (Å²) in [7, 11) is 6.14. The molecule has 0 saturated heterocycles. The molecule has 1 aromatic heterocycles. The lowest BCUT2D eigenvalue weighted by molar-refractivity contribution is 0.112. The predicted octanol–water partition coefficient (Wildman–Crippen LogP) is 4.63. The molecule has 1 heterocycles. The number of ether oxygens (including phenoxy) is 4. The van der Waals surface area contributed by atoms with Gasteiger partial charge in [-0.25, -0.2) is 4.98 Å². The molecule has 0 aliphatic carbocycles. The summed E-state index contributed by atoms with van der Waals surface area (Å²) in [4.78, 5) is 16.4. The molecule has 0 N–H and O–H groups in total. The van der Waals surface area contributed by atoms with Crippen LogP contribution in [0.2, 0.25) is 0 Å². The Morgan fingerprint density at radius 2 is 1.64 bits per heavy atom. The van der Waals surface area contributed by atoms with Crippen molar-refractivity contribution in [3.8, 4) is 45.4 Å². The second kappa shape index (κ2) is 8.31. The van der Waals surface area contributed by atoms with Crippen molar-refractivity contribution in [3.05, 3.63) is 40.2 Å². The minimum Gasteiger partial charge on any atom is -0.496 e. The van der Waals surface area contributed by atoms with Crippen molar-refractivity contribution in [1.29, 1.82) is 0 Å². The summed E-state index contributed by atoms with van der Waals surface area (Å²) in [5.74, 6) is 1.82. The Balaban J connectivity index is 2.34. The van der Waals surface area contributed by atoms with Crippen molar-refractivity contribution in [2.45, 2.75) is 6.92 Å². The van der Waals surface area contributed by atoms with E-state index in [1.54, 1.807) is 24.5 Å². The van der Waals surface area contributed by atoms with E-state index in [2.05, 4.69) is 4.98 Å². The van der Waals surface area contributed by atoms with Crippen LogP contribution in [-0.2, 0) is 0 Å². The SMILES string of the molecule is COc1ccc(-c2csc(C)n2)cc1-c1c(C=O)cc(OC)c(OC)c1OC. The summed E-state index contributed by atoms with van der Waals surface area (Å²) < 4.78 is 22.0. The predicted molar refractivity (Wildman–Crippen MR) is 109 cm³/mol. The molecule has 0 fully saturated rings. The number of aryl methyl sites for hydroxylation is 1. The van der Waals surface area contributed by atoms with Crippen molar-refractivity contribution < 1.29 is 23.7 Å². The third-order valence-electron chi connectivity index (χ3n) is 4.37. The lowest BCUT2D eigenvalue weighted by Gasteiger charge is -2.19. The molecule has 146 valence electrons. The fraction of sp³-hybridized carbons (Fsp3) is 0.238. The monoisotopic (exact) mass is 399 g/mol. The number of aldehydes is 1. The third kappa shape index (κ3) is 3.41. The molecule has 0 atom stereocenters. The zero-order valence-corrected chi connectivity index (χ0v) is 17.2. The second-order valence-corrected chi connectivity index (χ2v) is 6.96. The summed E-state index contributed by atoms with van der Waals surface area (Å²) in [5.41, 5.74) is 3.44. The van der Waals surface area contributed by atoms with Crippen LogP contribution in [0.15, 0.2) is 29.6 Å². The summed E-state index contributed by atoms with van der Waals surface area (Å²) in [6.07, 6.45) is 0.763. The highest BCUT2D eigenvalue weighted by Gasteiger charge is 2.24. The van der Waals surface area contributed by atoms with Crippen LogP contribution in [0, 0.1) is 6.92 Å². The van der Waals surface area contributed by atoms with Gasteiger partial charge in [0.25, 0.3) is 0 Å². The Bertz CT molecular complexity index is 1010. The molecule has 0 spiro atoms. The van der Waals surface area contributed by atoms with E-state index in [4.69, 9.17) is 18.9 Å². The normalized spacial score (nSPS) is 10.5. The molecule has 28 heavy (non-hydrogen) atoms. The van der Waals surface area contributed by atoms with Crippen LogP contribution in [0.1, 0.15) is 15.4 Å². The maximum Gasteiger partial charge on any atom is 0.203 e. The molecule has 0 saturated carbocycles. The van der Waals surface area contributed by atoms with Crippen molar-refractivity contribution in [2.75, 3.05) is 28.4 Å². The number of carbonyl (C=O) groups is 1. The van der Waals surface area contributed by atoms with Gasteiger partial charge in [0.15, 0.2) is 17.8 Å². The van der Waals surface area contributed by atoms with Crippen molar-refractivity contribution in [3.63, 3.8) is 0 Å². The molecular formula is C21H21NO5S. The van der Waals surface area contributed by atoms with Crippen LogP contribution >= 0.6 is 11.3 Å². The lowest BCUT2D eigenvalue weighted by Crippen LogP contribution is -2.01. The highest BCUT2D eigenvalue weighted by atomic mass is 32.1. The molecule has 0 radical (unpaired) electrons. The number of aromatic nitrogens is 1. The van der Waals surface area contributed by atoms with Gasteiger partial charge in [-0.15, -0.1) is 11.3 Å². The number of nitrogens with zero attached hydrogens (tertiary/aromatic N) is 1. The van der Waals surface area contributed by atoms with E-state index in [0.29, 0.717) is 39.7 Å². The van der Waals surface area contributed by atoms with Crippen LogP contribution in [0.4, 0.5) is 0 Å². The summed E-state index contributed by atoms with van der Waals surface area (Å²) >= 11 is 1.58. The highest BCUT2D eigenvalue weighted by Crippen LogP contribution is 2.49. The number of rotatable bonds is 7. The molecule has 0 bridgehead atoms. The van der Waals surface area contributed by atoms with Gasteiger partial charge in [-0.3, -0.25) is 4.79 Å². The van der Waals surface area contributed by atoms with Gasteiger partial charge in [0.05, 0.1) is 39.1 Å². The summed E-state index contributed by atoms with van der Waals surface area (Å²) in [5, 5.41) is 2.97. The van der Waals surface area contributed by atoms with Crippen molar-refractivity contribution >= 4 is 17.6 Å². The molecule has 3 aromatic rings. The standard InChI is InChI=1S/C21H21NO5S/c1-12-22-16(11-28-12)13-6-7-17(24-2)15(8-13)19-14(10-23)9-18(25-3)20(26-4)21(19)27-5/h6-11H,1-5H3. The Kier molecular flexibility index (Phi) is 5.84. The van der Waals surface area contributed by atoms with Gasteiger partial charge in [0.1, 0.15) is 5.75 Å². The molecule has 6 nitrogen and oxygen atoms in total. The van der Waals surface area contributed by atoms with Gasteiger partial charge in [-0.1, -0.05) is 0 Å². The maximum absolute atomic E-state index is 11.9. The molecular weight excluding hydrogens is 378 g/mol. The van der Waals surface area contributed by atoms with E-state index in [0.717, 1.165) is 22.6 Å². The van der Waals surface area contributed by atoms with Gasteiger partial charge in [-0.2, -0.15) is 0 Å². The van der Waals surface area contributed by atoms with Crippen molar-refractivity contribution in [2.24, 2.45) is 0 Å². The van der Waals surface area contributed by atoms with Gasteiger partial charge >= 0.3 is 0 Å². The first-order valence-corrected chi connectivity index (χ1v) is 9.34. The molecule has 0 aliphatic heterocycles. The van der Waals surface area contributed by atoms with Crippen molar-refractivity contribution in [1.82, 2.24) is 4.98 Å². The van der Waals surface area contributed by atoms with Crippen LogP contribution in [0.25, 0.3) is 22.4 Å². The van der Waals surface area contributed by atoms with Gasteiger partial charge in [-0.05, 0) is 31.2 Å². The number of thiazole rings is 1. The second-order valence-electron chi connectivity index (χ2n) is 5.89. The number of benzene rings is 2. The summed E-state index contributed by atoms with van der Waals surface area (Å²) in [6, 6.07) is 7.35. The van der Waals surface area contributed by atoms with Crippen LogP contribution in [0.3, 0.4) is 0 Å². The molecule has 2 aromatic carbocycles. The van der Waals surface area contributed by atoms with Crippen LogP contribution in [-0.4, -0.2) is 39.7 Å². The first-order valence-electron chi connectivity index (χ1n) is 8.46. The minimum absolute atomic E-state index is 0.397. The zero-order valence-electron chi connectivity index (χ0n) is 16.4. The highest BCUT2D eigenvalue weighted by molar-refractivity contribution is 7.09. The first-order chi connectivity index (χ1) is 13.6. The third-order valence-corrected chi connectivity index (χ3v) is 5.14. The number of methoxy groups -OCH3 is 4. The fourth-order valence-corrected chi connectivity index (χ4v) is 3.73. The Hall–Kier alpha value is -3.06. The average Bonchev–Trinajstić information content (AvgIpc) is 3.17. The van der Waals surface area contributed by atoms with E-state index >= 15 is 0 Å². The Labute approximate surface area is 167 Å². The molecule has 7 heteroatoms. The Morgan fingerprint density at radius 3 is 2.18 bits per heavy atom. The van der Waals surface area contributed by atoms with Crippen LogP contribution < -0.4 is 18.9 Å². The molecule has 0 aliphatic rings. The number of hydrogen-bond donors (Lipinski definition) is 0. The smallest absolute Gasteiger partial charge is 0.203 e. The number of hydrogen-bond acceptors (Lipinski definition) is 7.